The lowest BCUT2D eigenvalue weighted by Gasteiger charge is -2.32. The number of hydrogen-bond donors (Lipinski definition) is 0. The predicted molar refractivity (Wildman–Crippen MR) is 101 cm³/mol. The number of para-hydroxylation sites is 1. The highest BCUT2D eigenvalue weighted by Crippen LogP contribution is 2.27. The molecule has 1 aromatic rings. The molecule has 2 amide bonds. The van der Waals surface area contributed by atoms with Crippen molar-refractivity contribution in [2.75, 3.05) is 31.1 Å². The molecule has 1 saturated heterocycles. The van der Waals surface area contributed by atoms with E-state index in [1.165, 1.54) is 5.56 Å². The molecule has 0 unspecified atom stereocenters. The van der Waals surface area contributed by atoms with Gasteiger partial charge in [0, 0.05) is 43.6 Å². The van der Waals surface area contributed by atoms with Crippen molar-refractivity contribution in [1.29, 1.82) is 0 Å². The van der Waals surface area contributed by atoms with E-state index in [-0.39, 0.29) is 23.8 Å². The zero-order valence-electron chi connectivity index (χ0n) is 15.8. The molecule has 2 heterocycles. The van der Waals surface area contributed by atoms with Gasteiger partial charge < -0.3 is 14.6 Å². The van der Waals surface area contributed by atoms with Gasteiger partial charge >= 0.3 is 0 Å². The smallest absolute Gasteiger partial charge is 0.267 e. The molecule has 0 spiro atoms. The molecule has 0 aliphatic carbocycles. The molecule has 6 nitrogen and oxygen atoms in total. The van der Waals surface area contributed by atoms with Gasteiger partial charge in [-0.05, 0) is 18.1 Å². The number of rotatable bonds is 3. The van der Waals surface area contributed by atoms with E-state index in [4.69, 9.17) is 4.84 Å². The van der Waals surface area contributed by atoms with Crippen LogP contribution in [0.4, 0.5) is 5.69 Å². The van der Waals surface area contributed by atoms with Crippen LogP contribution in [0.3, 0.4) is 0 Å². The molecule has 0 radical (unpaired) electrons. The minimum Gasteiger partial charge on any atom is -0.386 e. The molecule has 2 aliphatic rings. The van der Waals surface area contributed by atoms with Gasteiger partial charge in [-0.2, -0.15) is 0 Å². The van der Waals surface area contributed by atoms with E-state index in [0.717, 1.165) is 17.8 Å². The quantitative estimate of drug-likeness (QED) is 0.781. The monoisotopic (exact) mass is 357 g/mol. The van der Waals surface area contributed by atoms with Gasteiger partial charge in [-0.3, -0.25) is 9.59 Å². The number of benzene rings is 1. The second-order valence-electron chi connectivity index (χ2n) is 7.90. The van der Waals surface area contributed by atoms with Crippen molar-refractivity contribution < 1.29 is 14.4 Å². The molecule has 0 aromatic heterocycles. The van der Waals surface area contributed by atoms with Crippen LogP contribution in [-0.4, -0.2) is 48.7 Å². The van der Waals surface area contributed by atoms with Gasteiger partial charge in [0.1, 0.15) is 0 Å². The standard InChI is InChI=1S/C20H27N3O3/c1-20(2,3)19(25)22-11-9-16(10-12-22)21-26-14-18(24)23-13-8-15-6-4-5-7-17(15)23/h4-7H,8-14H2,1-3H3. The number of amides is 2. The van der Waals surface area contributed by atoms with Gasteiger partial charge in [0.05, 0.1) is 5.71 Å². The Morgan fingerprint density at radius 3 is 2.46 bits per heavy atom. The summed E-state index contributed by atoms with van der Waals surface area (Å²) < 4.78 is 0. The van der Waals surface area contributed by atoms with Crippen molar-refractivity contribution in [3.05, 3.63) is 29.8 Å². The average Bonchev–Trinajstić information content (AvgIpc) is 3.05. The number of fused-ring (bicyclic) bond motifs is 1. The number of oxime groups is 1. The van der Waals surface area contributed by atoms with E-state index in [1.807, 2.05) is 43.9 Å². The Bertz CT molecular complexity index is 711. The molecule has 0 N–H and O–H groups in total. The van der Waals surface area contributed by atoms with Crippen LogP contribution in [-0.2, 0) is 20.8 Å². The summed E-state index contributed by atoms with van der Waals surface area (Å²) in [6.07, 6.45) is 2.28. The first-order valence-corrected chi connectivity index (χ1v) is 9.21. The predicted octanol–water partition coefficient (Wildman–Crippen LogP) is 2.62. The van der Waals surface area contributed by atoms with E-state index in [2.05, 4.69) is 11.2 Å². The summed E-state index contributed by atoms with van der Waals surface area (Å²) in [4.78, 5) is 33.6. The number of carbonyl (C=O) groups is 2. The van der Waals surface area contributed by atoms with E-state index < -0.39 is 0 Å². The maximum atomic E-state index is 12.4. The molecular weight excluding hydrogens is 330 g/mol. The summed E-state index contributed by atoms with van der Waals surface area (Å²) in [5.74, 6) is 0.0972. The summed E-state index contributed by atoms with van der Waals surface area (Å²) in [5, 5.41) is 4.14. The number of nitrogens with zero attached hydrogens (tertiary/aromatic N) is 3. The lowest BCUT2D eigenvalue weighted by molar-refractivity contribution is -0.139. The van der Waals surface area contributed by atoms with Gasteiger partial charge in [0.15, 0.2) is 6.61 Å². The first-order valence-electron chi connectivity index (χ1n) is 9.21. The fourth-order valence-electron chi connectivity index (χ4n) is 3.39. The Morgan fingerprint density at radius 2 is 1.77 bits per heavy atom. The Hall–Kier alpha value is -2.37. The van der Waals surface area contributed by atoms with E-state index >= 15 is 0 Å². The lowest BCUT2D eigenvalue weighted by Crippen LogP contribution is -2.44. The van der Waals surface area contributed by atoms with Crippen molar-refractivity contribution in [3.8, 4) is 0 Å². The highest BCUT2D eigenvalue weighted by Gasteiger charge is 2.29. The van der Waals surface area contributed by atoms with Gasteiger partial charge in [0.25, 0.3) is 5.91 Å². The molecule has 140 valence electrons. The highest BCUT2D eigenvalue weighted by atomic mass is 16.6. The SMILES string of the molecule is CC(C)(C)C(=O)N1CCC(=NOCC(=O)N2CCc3ccccc32)CC1. The van der Waals surface area contributed by atoms with Crippen molar-refractivity contribution in [2.24, 2.45) is 10.6 Å². The molecule has 26 heavy (non-hydrogen) atoms. The van der Waals surface area contributed by atoms with Gasteiger partial charge in [0.2, 0.25) is 5.91 Å². The summed E-state index contributed by atoms with van der Waals surface area (Å²) >= 11 is 0. The minimum absolute atomic E-state index is 0.0531. The fraction of sp³-hybridized carbons (Fsp3) is 0.550. The van der Waals surface area contributed by atoms with Crippen LogP contribution in [0.1, 0.15) is 39.2 Å². The zero-order valence-corrected chi connectivity index (χ0v) is 15.8. The van der Waals surface area contributed by atoms with Crippen LogP contribution in [0.2, 0.25) is 0 Å². The first kappa shape index (κ1) is 18.4. The topological polar surface area (TPSA) is 62.2 Å². The van der Waals surface area contributed by atoms with Gasteiger partial charge in [-0.1, -0.05) is 44.1 Å². The number of carbonyl (C=O) groups excluding carboxylic acids is 2. The summed E-state index contributed by atoms with van der Waals surface area (Å²) in [5.41, 5.74) is 2.73. The molecular formula is C20H27N3O3. The van der Waals surface area contributed by atoms with Crippen molar-refractivity contribution in [1.82, 2.24) is 4.90 Å². The second kappa shape index (κ2) is 7.48. The van der Waals surface area contributed by atoms with Crippen molar-refractivity contribution in [3.63, 3.8) is 0 Å². The maximum absolute atomic E-state index is 12.4. The molecule has 1 fully saturated rings. The van der Waals surface area contributed by atoms with E-state index in [0.29, 0.717) is 32.5 Å². The average molecular weight is 357 g/mol. The summed E-state index contributed by atoms with van der Waals surface area (Å²) in [6, 6.07) is 7.95. The molecule has 1 aromatic carbocycles. The Kier molecular flexibility index (Phi) is 5.30. The largest absolute Gasteiger partial charge is 0.386 e. The highest BCUT2D eigenvalue weighted by molar-refractivity contribution is 5.96. The minimum atomic E-state index is -0.358. The van der Waals surface area contributed by atoms with E-state index in [9.17, 15) is 9.59 Å². The molecule has 0 saturated carbocycles. The summed E-state index contributed by atoms with van der Waals surface area (Å²) in [6.45, 7) is 7.76. The maximum Gasteiger partial charge on any atom is 0.267 e. The second-order valence-corrected chi connectivity index (χ2v) is 7.90. The van der Waals surface area contributed by atoms with Crippen LogP contribution in [0.5, 0.6) is 0 Å². The molecule has 0 bridgehead atoms. The lowest BCUT2D eigenvalue weighted by atomic mass is 9.93. The number of piperidine rings is 1. The third-order valence-electron chi connectivity index (χ3n) is 4.84. The fourth-order valence-corrected chi connectivity index (χ4v) is 3.39. The van der Waals surface area contributed by atoms with Gasteiger partial charge in [-0.15, -0.1) is 0 Å². The summed E-state index contributed by atoms with van der Waals surface area (Å²) in [7, 11) is 0. The molecule has 6 heteroatoms. The number of anilines is 1. The van der Waals surface area contributed by atoms with Crippen molar-refractivity contribution in [2.45, 2.75) is 40.0 Å². The number of likely N-dealkylation sites (tertiary alicyclic amines) is 1. The van der Waals surface area contributed by atoms with Gasteiger partial charge in [-0.25, -0.2) is 0 Å². The van der Waals surface area contributed by atoms with Crippen LogP contribution in [0, 0.1) is 5.41 Å². The van der Waals surface area contributed by atoms with E-state index in [1.54, 1.807) is 4.90 Å². The van der Waals surface area contributed by atoms with Crippen LogP contribution < -0.4 is 4.90 Å². The zero-order chi connectivity index (χ0) is 18.7. The Balaban J connectivity index is 1.47. The van der Waals surface area contributed by atoms with Crippen LogP contribution in [0.15, 0.2) is 29.4 Å². The Labute approximate surface area is 154 Å². The van der Waals surface area contributed by atoms with Crippen LogP contribution >= 0.6 is 0 Å². The number of hydrogen-bond acceptors (Lipinski definition) is 4. The van der Waals surface area contributed by atoms with Crippen molar-refractivity contribution >= 4 is 23.2 Å². The molecule has 3 rings (SSSR count). The van der Waals surface area contributed by atoms with Crippen LogP contribution in [0.25, 0.3) is 0 Å². The molecule has 0 atom stereocenters. The Morgan fingerprint density at radius 1 is 1.08 bits per heavy atom. The normalized spacial score (nSPS) is 17.1. The third kappa shape index (κ3) is 4.06. The first-order chi connectivity index (χ1) is 12.4. The molecule has 2 aliphatic heterocycles. The third-order valence-corrected chi connectivity index (χ3v) is 4.84.